The molecule has 2 aromatic rings. The maximum absolute atomic E-state index is 13.2. The van der Waals surface area contributed by atoms with Crippen LogP contribution in [-0.4, -0.2) is 54.6 Å². The van der Waals surface area contributed by atoms with Crippen LogP contribution < -0.4 is 5.32 Å². The van der Waals surface area contributed by atoms with Crippen molar-refractivity contribution in [2.75, 3.05) is 13.6 Å². The number of sulfonamides is 1. The predicted molar refractivity (Wildman–Crippen MR) is 135 cm³/mol. The highest BCUT2D eigenvalue weighted by Gasteiger charge is 2.29. The molecular weight excluding hydrogens is 450 g/mol. The molecule has 0 fully saturated rings. The minimum Gasteiger partial charge on any atom is -0.350 e. The second-order valence-corrected chi connectivity index (χ2v) is 11.7. The van der Waals surface area contributed by atoms with Gasteiger partial charge in [0.25, 0.3) is 0 Å². The van der Waals surface area contributed by atoms with E-state index in [4.69, 9.17) is 0 Å². The highest BCUT2D eigenvalue weighted by atomic mass is 32.2. The fourth-order valence-corrected chi connectivity index (χ4v) is 4.75. The van der Waals surface area contributed by atoms with Crippen LogP contribution in [0.5, 0.6) is 0 Å². The molecule has 7 nitrogen and oxygen atoms in total. The lowest BCUT2D eigenvalue weighted by Crippen LogP contribution is -2.52. The summed E-state index contributed by atoms with van der Waals surface area (Å²) in [6.07, 6.45) is 0.479. The lowest BCUT2D eigenvalue weighted by molar-refractivity contribution is -0.141. The van der Waals surface area contributed by atoms with Crippen molar-refractivity contribution in [3.63, 3.8) is 0 Å². The van der Waals surface area contributed by atoms with Crippen molar-refractivity contribution in [1.82, 2.24) is 14.5 Å². The van der Waals surface area contributed by atoms with E-state index in [-0.39, 0.29) is 29.7 Å². The standard InChI is InChI=1S/C26H37N3O4S/c1-20-13-10-11-14-22(20)19-29(21(2)25(31)27-26(3,4)5)24(30)17-12-18-28(6)34(32,33)23-15-8-7-9-16-23/h7-11,13-16,21H,12,17-19H2,1-6H3,(H,27,31)/t21-/m0/s1. The van der Waals surface area contributed by atoms with Gasteiger partial charge in [-0.1, -0.05) is 42.5 Å². The Kier molecular flexibility index (Phi) is 9.41. The summed E-state index contributed by atoms with van der Waals surface area (Å²) in [6, 6.07) is 15.3. The fraction of sp³-hybridized carbons (Fsp3) is 0.462. The molecule has 0 saturated carbocycles. The summed E-state index contributed by atoms with van der Waals surface area (Å²) in [5, 5.41) is 2.95. The van der Waals surface area contributed by atoms with Gasteiger partial charge in [0.05, 0.1) is 4.90 Å². The summed E-state index contributed by atoms with van der Waals surface area (Å²) in [4.78, 5) is 27.9. The van der Waals surface area contributed by atoms with Crippen molar-refractivity contribution in [2.24, 2.45) is 0 Å². The number of amides is 2. The molecule has 0 aromatic heterocycles. The van der Waals surface area contributed by atoms with E-state index in [2.05, 4.69) is 5.32 Å². The van der Waals surface area contributed by atoms with Crippen molar-refractivity contribution in [2.45, 2.75) is 70.5 Å². The van der Waals surface area contributed by atoms with Gasteiger partial charge in [0.2, 0.25) is 21.8 Å². The van der Waals surface area contributed by atoms with Crippen LogP contribution in [0.25, 0.3) is 0 Å². The Labute approximate surface area is 204 Å². The topological polar surface area (TPSA) is 86.8 Å². The first-order valence-electron chi connectivity index (χ1n) is 11.5. The molecule has 0 bridgehead atoms. The third kappa shape index (κ3) is 7.67. The lowest BCUT2D eigenvalue weighted by Gasteiger charge is -2.32. The Morgan fingerprint density at radius 2 is 1.59 bits per heavy atom. The Morgan fingerprint density at radius 3 is 2.18 bits per heavy atom. The normalized spacial score (nSPS) is 12.9. The third-order valence-corrected chi connectivity index (χ3v) is 7.45. The van der Waals surface area contributed by atoms with E-state index in [1.54, 1.807) is 42.2 Å². The minimum absolute atomic E-state index is 0.133. The molecule has 0 saturated heterocycles. The summed E-state index contributed by atoms with van der Waals surface area (Å²) < 4.78 is 26.7. The van der Waals surface area contributed by atoms with Gasteiger partial charge < -0.3 is 10.2 Å². The maximum Gasteiger partial charge on any atom is 0.242 e. The number of benzene rings is 2. The van der Waals surface area contributed by atoms with Crippen LogP contribution in [0.3, 0.4) is 0 Å². The first-order chi connectivity index (χ1) is 15.8. The van der Waals surface area contributed by atoms with Gasteiger partial charge in [-0.05, 0) is 64.3 Å². The molecule has 186 valence electrons. The van der Waals surface area contributed by atoms with Crippen LogP contribution in [0.1, 0.15) is 51.7 Å². The van der Waals surface area contributed by atoms with Crippen LogP contribution >= 0.6 is 0 Å². The Hall–Kier alpha value is -2.71. The number of nitrogens with zero attached hydrogens (tertiary/aromatic N) is 2. The third-order valence-electron chi connectivity index (χ3n) is 5.58. The van der Waals surface area contributed by atoms with Gasteiger partial charge in [0.15, 0.2) is 0 Å². The average molecular weight is 488 g/mol. The lowest BCUT2D eigenvalue weighted by atomic mass is 10.1. The molecule has 0 aliphatic heterocycles. The van der Waals surface area contributed by atoms with Gasteiger partial charge in [0, 0.05) is 32.1 Å². The number of carbonyl (C=O) groups is 2. The number of carbonyl (C=O) groups excluding carboxylic acids is 2. The quantitative estimate of drug-likeness (QED) is 0.553. The molecule has 0 aliphatic rings. The van der Waals surface area contributed by atoms with Crippen molar-refractivity contribution in [3.05, 3.63) is 65.7 Å². The summed E-state index contributed by atoms with van der Waals surface area (Å²) in [5.74, 6) is -0.413. The van der Waals surface area contributed by atoms with E-state index in [1.165, 1.54) is 11.4 Å². The summed E-state index contributed by atoms with van der Waals surface area (Å²) >= 11 is 0. The molecule has 0 radical (unpaired) electrons. The molecule has 0 unspecified atom stereocenters. The van der Waals surface area contributed by atoms with Crippen LogP contribution in [-0.2, 0) is 26.2 Å². The number of hydrogen-bond acceptors (Lipinski definition) is 4. The van der Waals surface area contributed by atoms with Crippen molar-refractivity contribution < 1.29 is 18.0 Å². The van der Waals surface area contributed by atoms with E-state index in [0.29, 0.717) is 13.0 Å². The molecule has 2 amide bonds. The minimum atomic E-state index is -3.62. The molecule has 0 spiro atoms. The van der Waals surface area contributed by atoms with Crippen LogP contribution in [0.15, 0.2) is 59.5 Å². The van der Waals surface area contributed by atoms with Gasteiger partial charge in [-0.25, -0.2) is 12.7 Å². The number of hydrogen-bond donors (Lipinski definition) is 1. The predicted octanol–water partition coefficient (Wildman–Crippen LogP) is 3.73. The van der Waals surface area contributed by atoms with Gasteiger partial charge in [-0.3, -0.25) is 9.59 Å². The van der Waals surface area contributed by atoms with E-state index < -0.39 is 21.6 Å². The molecule has 2 aromatic carbocycles. The van der Waals surface area contributed by atoms with Gasteiger partial charge in [0.1, 0.15) is 6.04 Å². The van der Waals surface area contributed by atoms with E-state index in [0.717, 1.165) is 11.1 Å². The zero-order valence-electron chi connectivity index (χ0n) is 21.0. The Balaban J connectivity index is 2.11. The zero-order chi connectivity index (χ0) is 25.5. The van der Waals surface area contributed by atoms with Crippen molar-refractivity contribution in [1.29, 1.82) is 0 Å². The number of aryl methyl sites for hydroxylation is 1. The fourth-order valence-electron chi connectivity index (χ4n) is 3.52. The summed E-state index contributed by atoms with van der Waals surface area (Å²) in [7, 11) is -2.11. The van der Waals surface area contributed by atoms with E-state index in [1.807, 2.05) is 52.0 Å². The van der Waals surface area contributed by atoms with Crippen LogP contribution in [0.2, 0.25) is 0 Å². The van der Waals surface area contributed by atoms with Gasteiger partial charge >= 0.3 is 0 Å². The van der Waals surface area contributed by atoms with Crippen molar-refractivity contribution >= 4 is 21.8 Å². The SMILES string of the molecule is Cc1ccccc1CN(C(=O)CCCN(C)S(=O)(=O)c1ccccc1)[C@@H](C)C(=O)NC(C)(C)C. The van der Waals surface area contributed by atoms with E-state index >= 15 is 0 Å². The molecule has 1 atom stereocenters. The zero-order valence-corrected chi connectivity index (χ0v) is 21.9. The second-order valence-electron chi connectivity index (χ2n) is 9.61. The van der Waals surface area contributed by atoms with Crippen LogP contribution in [0.4, 0.5) is 0 Å². The van der Waals surface area contributed by atoms with Gasteiger partial charge in [-0.15, -0.1) is 0 Å². The summed E-state index contributed by atoms with van der Waals surface area (Å²) in [6.45, 7) is 9.90. The first kappa shape index (κ1) is 27.5. The van der Waals surface area contributed by atoms with Crippen LogP contribution in [0, 0.1) is 6.92 Å². The molecular formula is C26H37N3O4S. The highest BCUT2D eigenvalue weighted by Crippen LogP contribution is 2.17. The molecule has 1 N–H and O–H groups in total. The summed E-state index contributed by atoms with van der Waals surface area (Å²) in [5.41, 5.74) is 1.59. The largest absolute Gasteiger partial charge is 0.350 e. The first-order valence-corrected chi connectivity index (χ1v) is 12.9. The van der Waals surface area contributed by atoms with Gasteiger partial charge in [-0.2, -0.15) is 0 Å². The number of rotatable bonds is 10. The molecule has 2 rings (SSSR count). The number of nitrogens with one attached hydrogen (secondary N) is 1. The van der Waals surface area contributed by atoms with Crippen molar-refractivity contribution in [3.8, 4) is 0 Å². The molecule has 34 heavy (non-hydrogen) atoms. The Bertz CT molecular complexity index is 1080. The molecule has 8 heteroatoms. The monoisotopic (exact) mass is 487 g/mol. The van der Waals surface area contributed by atoms with E-state index in [9.17, 15) is 18.0 Å². The molecule has 0 heterocycles. The highest BCUT2D eigenvalue weighted by molar-refractivity contribution is 7.89. The second kappa shape index (κ2) is 11.6. The Morgan fingerprint density at radius 1 is 1.00 bits per heavy atom. The smallest absolute Gasteiger partial charge is 0.242 e. The molecule has 0 aliphatic carbocycles. The maximum atomic E-state index is 13.2. The average Bonchev–Trinajstić information content (AvgIpc) is 2.77.